The van der Waals surface area contributed by atoms with Crippen molar-refractivity contribution in [2.75, 3.05) is 13.2 Å². The Morgan fingerprint density at radius 2 is 2.38 bits per heavy atom. The molecule has 1 aliphatic heterocycles. The Labute approximate surface area is 77.8 Å². The van der Waals surface area contributed by atoms with Crippen LogP contribution in [-0.2, 0) is 0 Å². The average molecular weight is 187 g/mol. The summed E-state index contributed by atoms with van der Waals surface area (Å²) < 4.78 is 0. The van der Waals surface area contributed by atoms with Crippen LogP contribution in [-0.4, -0.2) is 40.4 Å². The van der Waals surface area contributed by atoms with Crippen LogP contribution >= 0.6 is 0 Å². The van der Waals surface area contributed by atoms with E-state index in [-0.39, 0.29) is 24.5 Å². The van der Waals surface area contributed by atoms with Gasteiger partial charge in [-0.05, 0) is 12.8 Å². The van der Waals surface area contributed by atoms with Gasteiger partial charge in [-0.3, -0.25) is 0 Å². The van der Waals surface area contributed by atoms with Gasteiger partial charge in [0.1, 0.15) is 0 Å². The molecule has 0 aromatic rings. The van der Waals surface area contributed by atoms with Gasteiger partial charge >= 0.3 is 0 Å². The molecule has 1 rings (SSSR count). The zero-order chi connectivity index (χ0) is 9.84. The fraction of sp³-hybridized carbons (Fsp3) is 0.875. The highest BCUT2D eigenvalue weighted by Crippen LogP contribution is 2.25. The summed E-state index contributed by atoms with van der Waals surface area (Å²) in [7, 11) is 0. The van der Waals surface area contributed by atoms with E-state index in [1.54, 1.807) is 0 Å². The fourth-order valence-corrected chi connectivity index (χ4v) is 2.03. The summed E-state index contributed by atoms with van der Waals surface area (Å²) in [5.41, 5.74) is 5.51. The standard InChI is InChI=1S/C8H17N3O2/c1-2-7-6(5-12)3-4-11(7)8(9)10-13/h6-7,12-13H,2-5H2,1H3,(H2,9,10). The van der Waals surface area contributed by atoms with Gasteiger partial charge in [-0.15, -0.1) is 0 Å². The highest BCUT2D eigenvalue weighted by molar-refractivity contribution is 5.78. The zero-order valence-corrected chi connectivity index (χ0v) is 7.85. The Bertz CT molecular complexity index is 196. The molecule has 0 aromatic heterocycles. The van der Waals surface area contributed by atoms with Crippen molar-refractivity contribution >= 4 is 5.96 Å². The minimum atomic E-state index is 0.155. The third kappa shape index (κ3) is 1.85. The van der Waals surface area contributed by atoms with E-state index in [0.717, 1.165) is 19.4 Å². The number of rotatable bonds is 2. The fourth-order valence-electron chi connectivity index (χ4n) is 2.03. The summed E-state index contributed by atoms with van der Waals surface area (Å²) in [6, 6.07) is 0.209. The summed E-state index contributed by atoms with van der Waals surface area (Å²) in [4.78, 5) is 1.85. The predicted octanol–water partition coefficient (Wildman–Crippen LogP) is -0.217. The molecule has 4 N–H and O–H groups in total. The average Bonchev–Trinajstić information content (AvgIpc) is 2.58. The molecule has 0 spiro atoms. The molecule has 0 aromatic carbocycles. The van der Waals surface area contributed by atoms with Gasteiger partial charge in [0.2, 0.25) is 5.96 Å². The van der Waals surface area contributed by atoms with E-state index >= 15 is 0 Å². The van der Waals surface area contributed by atoms with Crippen LogP contribution in [0.4, 0.5) is 0 Å². The first-order chi connectivity index (χ1) is 6.24. The minimum absolute atomic E-state index is 0.155. The van der Waals surface area contributed by atoms with Crippen LogP contribution in [0.5, 0.6) is 0 Å². The predicted molar refractivity (Wildman–Crippen MR) is 49.4 cm³/mol. The molecule has 5 heteroatoms. The number of likely N-dealkylation sites (tertiary alicyclic amines) is 1. The van der Waals surface area contributed by atoms with Crippen molar-refractivity contribution in [3.63, 3.8) is 0 Å². The smallest absolute Gasteiger partial charge is 0.233 e. The number of aliphatic hydroxyl groups is 1. The van der Waals surface area contributed by atoms with Crippen LogP contribution < -0.4 is 5.73 Å². The summed E-state index contributed by atoms with van der Waals surface area (Å²) >= 11 is 0. The Kier molecular flexibility index (Phi) is 3.36. The molecule has 0 amide bonds. The third-order valence-electron chi connectivity index (χ3n) is 2.73. The van der Waals surface area contributed by atoms with Crippen LogP contribution in [0.15, 0.2) is 5.16 Å². The van der Waals surface area contributed by atoms with Gasteiger partial charge in [-0.2, -0.15) is 0 Å². The van der Waals surface area contributed by atoms with E-state index in [1.165, 1.54) is 0 Å². The summed E-state index contributed by atoms with van der Waals surface area (Å²) in [5.74, 6) is 0.410. The Morgan fingerprint density at radius 1 is 1.69 bits per heavy atom. The minimum Gasteiger partial charge on any atom is -0.408 e. The highest BCUT2D eigenvalue weighted by atomic mass is 16.4. The first kappa shape index (κ1) is 10.1. The van der Waals surface area contributed by atoms with E-state index < -0.39 is 0 Å². The molecule has 0 bridgehead atoms. The van der Waals surface area contributed by atoms with Gasteiger partial charge in [-0.25, -0.2) is 0 Å². The number of hydrogen-bond donors (Lipinski definition) is 3. The molecule has 5 nitrogen and oxygen atoms in total. The number of guanidine groups is 1. The van der Waals surface area contributed by atoms with Crippen molar-refractivity contribution in [1.82, 2.24) is 4.90 Å². The van der Waals surface area contributed by atoms with E-state index in [9.17, 15) is 0 Å². The molecule has 0 aliphatic carbocycles. The van der Waals surface area contributed by atoms with Gasteiger partial charge in [0.05, 0.1) is 0 Å². The molecule has 76 valence electrons. The van der Waals surface area contributed by atoms with Crippen LogP contribution in [0, 0.1) is 5.92 Å². The van der Waals surface area contributed by atoms with Crippen LogP contribution in [0.25, 0.3) is 0 Å². The lowest BCUT2D eigenvalue weighted by molar-refractivity contribution is 0.190. The summed E-state index contributed by atoms with van der Waals surface area (Å²) in [6.45, 7) is 2.98. The maximum Gasteiger partial charge on any atom is 0.233 e. The highest BCUT2D eigenvalue weighted by Gasteiger charge is 2.33. The Balaban J connectivity index is 2.67. The van der Waals surface area contributed by atoms with Gasteiger partial charge in [0, 0.05) is 25.1 Å². The van der Waals surface area contributed by atoms with Gasteiger partial charge in [0.15, 0.2) is 0 Å². The SMILES string of the molecule is CCC1C(CO)CCN1/C(N)=N/O. The lowest BCUT2D eigenvalue weighted by Gasteiger charge is -2.26. The molecule has 2 atom stereocenters. The van der Waals surface area contributed by atoms with Crippen LogP contribution in [0.3, 0.4) is 0 Å². The van der Waals surface area contributed by atoms with E-state index in [0.29, 0.717) is 0 Å². The van der Waals surface area contributed by atoms with Crippen molar-refractivity contribution < 1.29 is 10.3 Å². The first-order valence-electron chi connectivity index (χ1n) is 4.59. The van der Waals surface area contributed by atoms with E-state index in [1.807, 2.05) is 11.8 Å². The normalized spacial score (nSPS) is 29.7. The second kappa shape index (κ2) is 4.32. The number of oxime groups is 1. The molecular weight excluding hydrogens is 170 g/mol. The van der Waals surface area contributed by atoms with Gasteiger partial charge in [0.25, 0.3) is 0 Å². The third-order valence-corrected chi connectivity index (χ3v) is 2.73. The van der Waals surface area contributed by atoms with Crippen molar-refractivity contribution in [3.8, 4) is 0 Å². The van der Waals surface area contributed by atoms with Crippen molar-refractivity contribution in [2.24, 2.45) is 16.8 Å². The van der Waals surface area contributed by atoms with Crippen molar-refractivity contribution in [2.45, 2.75) is 25.8 Å². The molecular formula is C8H17N3O2. The monoisotopic (exact) mass is 187 g/mol. The Hall–Kier alpha value is -0.970. The maximum absolute atomic E-state index is 9.07. The molecule has 1 aliphatic rings. The molecule has 1 fully saturated rings. The molecule has 13 heavy (non-hydrogen) atoms. The largest absolute Gasteiger partial charge is 0.408 e. The number of aliphatic hydroxyl groups excluding tert-OH is 1. The molecule has 1 saturated heterocycles. The first-order valence-corrected chi connectivity index (χ1v) is 4.59. The van der Waals surface area contributed by atoms with Crippen molar-refractivity contribution in [1.29, 1.82) is 0 Å². The van der Waals surface area contributed by atoms with Gasteiger partial charge < -0.3 is 20.9 Å². The molecule has 0 radical (unpaired) electrons. The van der Waals surface area contributed by atoms with Gasteiger partial charge in [-0.1, -0.05) is 12.1 Å². The van der Waals surface area contributed by atoms with Crippen LogP contribution in [0.1, 0.15) is 19.8 Å². The maximum atomic E-state index is 9.07. The summed E-state index contributed by atoms with van der Waals surface area (Å²) in [5, 5.41) is 20.6. The quantitative estimate of drug-likeness (QED) is 0.242. The Morgan fingerprint density at radius 3 is 2.85 bits per heavy atom. The second-order valence-electron chi connectivity index (χ2n) is 3.36. The lowest BCUT2D eigenvalue weighted by Crippen LogP contribution is -2.42. The number of nitrogens with zero attached hydrogens (tertiary/aromatic N) is 2. The van der Waals surface area contributed by atoms with Crippen molar-refractivity contribution in [3.05, 3.63) is 0 Å². The summed E-state index contributed by atoms with van der Waals surface area (Å²) in [6.07, 6.45) is 1.81. The van der Waals surface area contributed by atoms with Crippen LogP contribution in [0.2, 0.25) is 0 Å². The molecule has 1 heterocycles. The molecule has 0 saturated carbocycles. The lowest BCUT2D eigenvalue weighted by atomic mass is 10.00. The van der Waals surface area contributed by atoms with E-state index in [2.05, 4.69) is 5.16 Å². The van der Waals surface area contributed by atoms with E-state index in [4.69, 9.17) is 16.0 Å². The zero-order valence-electron chi connectivity index (χ0n) is 7.85. The number of hydrogen-bond acceptors (Lipinski definition) is 3. The molecule has 2 unspecified atom stereocenters. The second-order valence-corrected chi connectivity index (χ2v) is 3.36. The number of nitrogens with two attached hydrogens (primary N) is 1. The topological polar surface area (TPSA) is 82.1 Å².